The summed E-state index contributed by atoms with van der Waals surface area (Å²) < 4.78 is 31.5. The van der Waals surface area contributed by atoms with Gasteiger partial charge in [-0.3, -0.25) is 0 Å². The molecule has 0 unspecified atom stereocenters. The summed E-state index contributed by atoms with van der Waals surface area (Å²) in [5.41, 5.74) is 6.66. The van der Waals surface area contributed by atoms with Crippen molar-refractivity contribution in [2.75, 3.05) is 0 Å². The van der Waals surface area contributed by atoms with Crippen LogP contribution in [0.25, 0.3) is 0 Å². The lowest BCUT2D eigenvalue weighted by Gasteiger charge is -2.07. The first-order valence-corrected chi connectivity index (χ1v) is 5.26. The molecular weight excluding hydrogens is 240 g/mol. The number of aryl methyl sites for hydroxylation is 1. The molecule has 0 aliphatic carbocycles. The van der Waals surface area contributed by atoms with E-state index >= 15 is 0 Å². The molecule has 0 amide bonds. The molecule has 0 spiro atoms. The van der Waals surface area contributed by atoms with Crippen LogP contribution in [0.1, 0.15) is 11.4 Å². The predicted octanol–water partition coefficient (Wildman–Crippen LogP) is 2.31. The number of hydrogen-bond donors (Lipinski definition) is 1. The third-order valence-corrected chi connectivity index (χ3v) is 2.19. The Morgan fingerprint density at radius 2 is 2.00 bits per heavy atom. The summed E-state index contributed by atoms with van der Waals surface area (Å²) in [5, 5.41) is 0. The van der Waals surface area contributed by atoms with Crippen LogP contribution in [0, 0.1) is 18.6 Å². The molecule has 0 fully saturated rings. The Hall–Kier alpha value is -2.08. The van der Waals surface area contributed by atoms with E-state index in [0.717, 1.165) is 18.2 Å². The fourth-order valence-corrected chi connectivity index (χ4v) is 1.41. The number of halogens is 2. The Labute approximate surface area is 102 Å². The first-order chi connectivity index (χ1) is 8.58. The molecular formula is C12H11F2N3O. The van der Waals surface area contributed by atoms with Gasteiger partial charge in [0.25, 0.3) is 0 Å². The summed E-state index contributed by atoms with van der Waals surface area (Å²) in [4.78, 5) is 7.94. The second-order valence-corrected chi connectivity index (χ2v) is 3.66. The van der Waals surface area contributed by atoms with Crippen LogP contribution < -0.4 is 10.5 Å². The fourth-order valence-electron chi connectivity index (χ4n) is 1.41. The number of nitrogens with two attached hydrogens (primary N) is 1. The average Bonchev–Trinajstić information content (AvgIpc) is 2.33. The van der Waals surface area contributed by atoms with Gasteiger partial charge >= 0.3 is 6.01 Å². The molecule has 0 saturated carbocycles. The van der Waals surface area contributed by atoms with Gasteiger partial charge in [-0.1, -0.05) is 0 Å². The second kappa shape index (κ2) is 5.05. The van der Waals surface area contributed by atoms with E-state index < -0.39 is 11.6 Å². The van der Waals surface area contributed by atoms with E-state index in [-0.39, 0.29) is 18.3 Å². The molecule has 2 N–H and O–H groups in total. The van der Waals surface area contributed by atoms with Crippen LogP contribution in [0.2, 0.25) is 0 Å². The van der Waals surface area contributed by atoms with Crippen molar-refractivity contribution >= 4 is 0 Å². The minimum absolute atomic E-state index is 0.0556. The maximum absolute atomic E-state index is 13.4. The molecule has 0 aliphatic rings. The van der Waals surface area contributed by atoms with E-state index in [2.05, 4.69) is 9.97 Å². The molecule has 0 atom stereocenters. The standard InChI is InChI=1S/C12H11F2N3O/c1-7-4-9(6-15)17-12(16-7)18-11-5-8(13)2-3-10(11)14/h2-5H,6,15H2,1H3. The molecule has 0 saturated heterocycles. The summed E-state index contributed by atoms with van der Waals surface area (Å²) >= 11 is 0. The monoisotopic (exact) mass is 251 g/mol. The zero-order chi connectivity index (χ0) is 13.1. The van der Waals surface area contributed by atoms with Crippen LogP contribution in [0.5, 0.6) is 11.8 Å². The third kappa shape index (κ3) is 2.78. The molecule has 0 aliphatic heterocycles. The lowest BCUT2D eigenvalue weighted by molar-refractivity contribution is 0.404. The van der Waals surface area contributed by atoms with Crippen molar-refractivity contribution in [2.45, 2.75) is 13.5 Å². The highest BCUT2D eigenvalue weighted by Crippen LogP contribution is 2.23. The number of rotatable bonds is 3. The van der Waals surface area contributed by atoms with Crippen LogP contribution in [-0.2, 0) is 6.54 Å². The molecule has 0 radical (unpaired) electrons. The Bertz CT molecular complexity index is 575. The highest BCUT2D eigenvalue weighted by atomic mass is 19.1. The molecule has 1 aromatic heterocycles. The smallest absolute Gasteiger partial charge is 0.322 e. The number of hydrogen-bond acceptors (Lipinski definition) is 4. The van der Waals surface area contributed by atoms with Gasteiger partial charge in [-0.2, -0.15) is 4.98 Å². The maximum Gasteiger partial charge on any atom is 0.322 e. The van der Waals surface area contributed by atoms with E-state index in [1.165, 1.54) is 0 Å². The average molecular weight is 251 g/mol. The van der Waals surface area contributed by atoms with Gasteiger partial charge in [-0.25, -0.2) is 13.8 Å². The molecule has 0 bridgehead atoms. The molecule has 1 heterocycles. The Balaban J connectivity index is 2.33. The Kier molecular flexibility index (Phi) is 3.47. The normalized spacial score (nSPS) is 10.4. The topological polar surface area (TPSA) is 61.0 Å². The van der Waals surface area contributed by atoms with Gasteiger partial charge in [0.15, 0.2) is 11.6 Å². The van der Waals surface area contributed by atoms with Crippen molar-refractivity contribution in [2.24, 2.45) is 5.73 Å². The van der Waals surface area contributed by atoms with E-state index in [1.807, 2.05) is 0 Å². The highest BCUT2D eigenvalue weighted by Gasteiger charge is 2.09. The number of benzene rings is 1. The predicted molar refractivity (Wildman–Crippen MR) is 61.1 cm³/mol. The minimum Gasteiger partial charge on any atom is -0.421 e. The van der Waals surface area contributed by atoms with Crippen molar-refractivity contribution in [3.63, 3.8) is 0 Å². The second-order valence-electron chi connectivity index (χ2n) is 3.66. The van der Waals surface area contributed by atoms with Gasteiger partial charge in [0.05, 0.1) is 5.69 Å². The van der Waals surface area contributed by atoms with Crippen molar-refractivity contribution in [1.82, 2.24) is 9.97 Å². The zero-order valence-electron chi connectivity index (χ0n) is 9.65. The first-order valence-electron chi connectivity index (χ1n) is 5.26. The number of aromatic nitrogens is 2. The molecule has 94 valence electrons. The van der Waals surface area contributed by atoms with Crippen molar-refractivity contribution in [3.05, 3.63) is 47.3 Å². The van der Waals surface area contributed by atoms with Crippen LogP contribution in [-0.4, -0.2) is 9.97 Å². The van der Waals surface area contributed by atoms with Gasteiger partial charge in [0.2, 0.25) is 0 Å². The minimum atomic E-state index is -0.684. The molecule has 1 aromatic carbocycles. The lowest BCUT2D eigenvalue weighted by atomic mass is 10.3. The lowest BCUT2D eigenvalue weighted by Crippen LogP contribution is -2.04. The summed E-state index contributed by atoms with van der Waals surface area (Å²) in [6.45, 7) is 1.95. The molecule has 6 heteroatoms. The Morgan fingerprint density at radius 1 is 1.22 bits per heavy atom. The van der Waals surface area contributed by atoms with Crippen LogP contribution >= 0.6 is 0 Å². The van der Waals surface area contributed by atoms with E-state index in [4.69, 9.17) is 10.5 Å². The van der Waals surface area contributed by atoms with Gasteiger partial charge < -0.3 is 10.5 Å². The summed E-state index contributed by atoms with van der Waals surface area (Å²) in [5.74, 6) is -1.54. The SMILES string of the molecule is Cc1cc(CN)nc(Oc2cc(F)ccc2F)n1. The van der Waals surface area contributed by atoms with Crippen LogP contribution in [0.15, 0.2) is 24.3 Å². The van der Waals surface area contributed by atoms with Crippen molar-refractivity contribution in [1.29, 1.82) is 0 Å². The molecule has 18 heavy (non-hydrogen) atoms. The summed E-state index contributed by atoms with van der Waals surface area (Å²) in [6.07, 6.45) is 0. The van der Waals surface area contributed by atoms with E-state index in [0.29, 0.717) is 11.4 Å². The Morgan fingerprint density at radius 3 is 2.72 bits per heavy atom. The van der Waals surface area contributed by atoms with E-state index in [9.17, 15) is 8.78 Å². The van der Waals surface area contributed by atoms with Crippen molar-refractivity contribution in [3.8, 4) is 11.8 Å². The highest BCUT2D eigenvalue weighted by molar-refractivity contribution is 5.28. The summed E-state index contributed by atoms with van der Waals surface area (Å²) in [7, 11) is 0. The zero-order valence-corrected chi connectivity index (χ0v) is 9.65. The maximum atomic E-state index is 13.4. The van der Waals surface area contributed by atoms with Gasteiger partial charge in [-0.05, 0) is 25.1 Å². The number of ether oxygens (including phenoxy) is 1. The third-order valence-electron chi connectivity index (χ3n) is 2.19. The molecule has 2 aromatic rings. The largest absolute Gasteiger partial charge is 0.421 e. The van der Waals surface area contributed by atoms with E-state index in [1.54, 1.807) is 13.0 Å². The molecule has 2 rings (SSSR count). The molecule has 4 nitrogen and oxygen atoms in total. The van der Waals surface area contributed by atoms with Gasteiger partial charge in [0.1, 0.15) is 5.82 Å². The quantitative estimate of drug-likeness (QED) is 0.909. The van der Waals surface area contributed by atoms with Crippen LogP contribution in [0.3, 0.4) is 0 Å². The van der Waals surface area contributed by atoms with Gasteiger partial charge in [0, 0.05) is 18.3 Å². The van der Waals surface area contributed by atoms with Crippen molar-refractivity contribution < 1.29 is 13.5 Å². The van der Waals surface area contributed by atoms with Gasteiger partial charge in [-0.15, -0.1) is 0 Å². The number of nitrogens with zero attached hydrogens (tertiary/aromatic N) is 2. The first kappa shape index (κ1) is 12.4. The fraction of sp³-hybridized carbons (Fsp3) is 0.167. The summed E-state index contributed by atoms with van der Waals surface area (Å²) in [6, 6.07) is 4.55. The van der Waals surface area contributed by atoms with Crippen LogP contribution in [0.4, 0.5) is 8.78 Å².